The number of rotatable bonds is 7. The van der Waals surface area contributed by atoms with E-state index in [0.29, 0.717) is 28.8 Å². The highest BCUT2D eigenvalue weighted by atomic mass is 32.2. The summed E-state index contributed by atoms with van der Waals surface area (Å²) in [6.45, 7) is 2.02. The molecule has 3 aromatic carbocycles. The summed E-state index contributed by atoms with van der Waals surface area (Å²) in [4.78, 5) is 30.1. The summed E-state index contributed by atoms with van der Waals surface area (Å²) in [6, 6.07) is 19.2. The molecule has 0 aliphatic carbocycles. The monoisotopic (exact) mass is 546 g/mol. The number of halogens is 1. The van der Waals surface area contributed by atoms with Crippen LogP contribution in [0.3, 0.4) is 0 Å². The minimum Gasteiger partial charge on any atom is -0.497 e. The largest absolute Gasteiger partial charge is 0.497 e. The average Bonchev–Trinajstić information content (AvgIpc) is 3.53. The van der Waals surface area contributed by atoms with Gasteiger partial charge in [-0.05, 0) is 42.3 Å². The van der Waals surface area contributed by atoms with Gasteiger partial charge in [-0.2, -0.15) is 10.1 Å². The van der Waals surface area contributed by atoms with Crippen LogP contribution in [0.5, 0.6) is 11.5 Å². The van der Waals surface area contributed by atoms with Gasteiger partial charge >= 0.3 is 0 Å². The fraction of sp³-hybridized carbons (Fsp3) is 0.241. The first-order chi connectivity index (χ1) is 18.8. The molecule has 0 radical (unpaired) electrons. The van der Waals surface area contributed by atoms with Gasteiger partial charge in [0.15, 0.2) is 5.17 Å². The van der Waals surface area contributed by atoms with Crippen LogP contribution in [0, 0.1) is 12.7 Å². The van der Waals surface area contributed by atoms with E-state index in [1.807, 2.05) is 31.2 Å². The van der Waals surface area contributed by atoms with Crippen molar-refractivity contribution in [3.05, 3.63) is 89.2 Å². The van der Waals surface area contributed by atoms with Gasteiger partial charge in [0.2, 0.25) is 5.91 Å². The predicted molar refractivity (Wildman–Crippen MR) is 150 cm³/mol. The Bertz CT molecular complexity index is 1460. The summed E-state index contributed by atoms with van der Waals surface area (Å²) >= 11 is 1.22. The van der Waals surface area contributed by atoms with Gasteiger partial charge in [-0.3, -0.25) is 9.59 Å². The van der Waals surface area contributed by atoms with Gasteiger partial charge in [-0.1, -0.05) is 53.7 Å². The Kier molecular flexibility index (Phi) is 7.65. The molecule has 2 aliphatic heterocycles. The molecule has 2 atom stereocenters. The fourth-order valence-electron chi connectivity index (χ4n) is 4.44. The number of aryl methyl sites for hydroxylation is 1. The van der Waals surface area contributed by atoms with Crippen LogP contribution in [0.25, 0.3) is 0 Å². The van der Waals surface area contributed by atoms with Crippen molar-refractivity contribution in [3.63, 3.8) is 0 Å². The molecule has 5 rings (SSSR count). The number of hydrogen-bond donors (Lipinski definition) is 1. The Morgan fingerprint density at radius 3 is 2.51 bits per heavy atom. The number of carbonyl (C=O) groups is 2. The molecule has 8 nitrogen and oxygen atoms in total. The molecule has 0 unspecified atom stereocenters. The van der Waals surface area contributed by atoms with Gasteiger partial charge in [0, 0.05) is 18.9 Å². The van der Waals surface area contributed by atoms with Crippen LogP contribution in [0.2, 0.25) is 0 Å². The Hall–Kier alpha value is -4.18. The Morgan fingerprint density at radius 2 is 1.82 bits per heavy atom. The molecule has 0 saturated heterocycles. The van der Waals surface area contributed by atoms with E-state index in [4.69, 9.17) is 14.6 Å². The number of methoxy groups -OCH3 is 2. The van der Waals surface area contributed by atoms with Crippen LogP contribution >= 0.6 is 11.8 Å². The molecule has 10 heteroatoms. The van der Waals surface area contributed by atoms with Gasteiger partial charge in [0.1, 0.15) is 22.6 Å². The zero-order valence-electron chi connectivity index (χ0n) is 21.7. The van der Waals surface area contributed by atoms with Crippen LogP contribution in [0.1, 0.15) is 35.6 Å². The molecule has 39 heavy (non-hydrogen) atoms. The summed E-state index contributed by atoms with van der Waals surface area (Å²) in [5, 5.41) is 9.09. The predicted octanol–water partition coefficient (Wildman–Crippen LogP) is 5.33. The second-order valence-electron chi connectivity index (χ2n) is 9.19. The van der Waals surface area contributed by atoms with E-state index >= 15 is 0 Å². The SMILES string of the molecule is COc1ccc(OC)c(NC(=O)C[C@@H]2SC(N3N=C(c4ccc(F)cc4)C[C@@H]3c3ccc(C)cc3)=NC2=O)c1. The smallest absolute Gasteiger partial charge is 0.262 e. The number of aliphatic imine (C=N–C) groups is 1. The highest BCUT2D eigenvalue weighted by Gasteiger charge is 2.39. The molecule has 0 aromatic heterocycles. The van der Waals surface area contributed by atoms with Crippen molar-refractivity contribution in [2.75, 3.05) is 19.5 Å². The number of thioether (sulfide) groups is 1. The third kappa shape index (κ3) is 5.80. The maximum atomic E-state index is 13.5. The minimum absolute atomic E-state index is 0.0750. The van der Waals surface area contributed by atoms with Gasteiger partial charge in [-0.25, -0.2) is 9.40 Å². The van der Waals surface area contributed by atoms with Crippen molar-refractivity contribution in [1.82, 2.24) is 5.01 Å². The maximum absolute atomic E-state index is 13.5. The van der Waals surface area contributed by atoms with Crippen LogP contribution in [0.15, 0.2) is 76.8 Å². The van der Waals surface area contributed by atoms with Gasteiger partial charge in [-0.15, -0.1) is 0 Å². The molecule has 2 aliphatic rings. The molecule has 2 amide bonds. The topological polar surface area (TPSA) is 92.6 Å². The number of carbonyl (C=O) groups excluding carboxylic acids is 2. The molecule has 2 heterocycles. The Balaban J connectivity index is 1.34. The lowest BCUT2D eigenvalue weighted by Gasteiger charge is -2.23. The van der Waals surface area contributed by atoms with Crippen molar-refractivity contribution < 1.29 is 23.5 Å². The zero-order valence-corrected chi connectivity index (χ0v) is 22.5. The van der Waals surface area contributed by atoms with Gasteiger partial charge in [0.05, 0.1) is 31.7 Å². The van der Waals surface area contributed by atoms with Crippen LogP contribution < -0.4 is 14.8 Å². The molecule has 0 bridgehead atoms. The van der Waals surface area contributed by atoms with E-state index in [2.05, 4.69) is 10.3 Å². The van der Waals surface area contributed by atoms with Crippen molar-refractivity contribution in [2.45, 2.75) is 31.1 Å². The molecular weight excluding hydrogens is 519 g/mol. The highest BCUT2D eigenvalue weighted by Crippen LogP contribution is 2.39. The fourth-order valence-corrected chi connectivity index (χ4v) is 5.50. The van der Waals surface area contributed by atoms with Crippen molar-refractivity contribution in [1.29, 1.82) is 0 Å². The number of hydrazone groups is 1. The first kappa shape index (κ1) is 26.4. The lowest BCUT2D eigenvalue weighted by Crippen LogP contribution is -2.25. The Labute approximate surface area is 229 Å². The highest BCUT2D eigenvalue weighted by molar-refractivity contribution is 8.15. The zero-order chi connectivity index (χ0) is 27.5. The first-order valence-electron chi connectivity index (χ1n) is 12.3. The van der Waals surface area contributed by atoms with Crippen molar-refractivity contribution in [2.24, 2.45) is 10.1 Å². The summed E-state index contributed by atoms with van der Waals surface area (Å²) < 4.78 is 24.1. The van der Waals surface area contributed by atoms with Gasteiger partial charge in [0.25, 0.3) is 5.91 Å². The molecule has 0 fully saturated rings. The normalized spacial score (nSPS) is 18.6. The van der Waals surface area contributed by atoms with E-state index in [0.717, 1.165) is 22.4 Å². The first-order valence-corrected chi connectivity index (χ1v) is 13.2. The summed E-state index contributed by atoms with van der Waals surface area (Å²) in [7, 11) is 3.04. The van der Waals surface area contributed by atoms with Gasteiger partial charge < -0.3 is 14.8 Å². The van der Waals surface area contributed by atoms with E-state index in [9.17, 15) is 14.0 Å². The van der Waals surface area contributed by atoms with Crippen molar-refractivity contribution >= 4 is 40.1 Å². The number of amides is 2. The van der Waals surface area contributed by atoms with E-state index in [-0.39, 0.29) is 24.2 Å². The number of hydrogen-bond acceptors (Lipinski definition) is 7. The third-order valence-electron chi connectivity index (χ3n) is 6.53. The number of amidine groups is 1. The Morgan fingerprint density at radius 1 is 1.08 bits per heavy atom. The lowest BCUT2D eigenvalue weighted by atomic mass is 9.98. The maximum Gasteiger partial charge on any atom is 0.262 e. The molecular formula is C29H27FN4O4S. The molecule has 0 spiro atoms. The molecule has 3 aromatic rings. The van der Waals surface area contributed by atoms with Crippen LogP contribution in [0.4, 0.5) is 10.1 Å². The number of ether oxygens (including phenoxy) is 2. The van der Waals surface area contributed by atoms with Crippen LogP contribution in [-0.2, 0) is 9.59 Å². The third-order valence-corrected chi connectivity index (χ3v) is 7.67. The molecule has 1 N–H and O–H groups in total. The number of nitrogens with one attached hydrogen (secondary N) is 1. The van der Waals surface area contributed by atoms with E-state index < -0.39 is 11.2 Å². The van der Waals surface area contributed by atoms with E-state index in [1.165, 1.54) is 38.1 Å². The molecule has 0 saturated carbocycles. The second kappa shape index (κ2) is 11.3. The second-order valence-corrected chi connectivity index (χ2v) is 10.4. The van der Waals surface area contributed by atoms with E-state index in [1.54, 1.807) is 35.3 Å². The summed E-state index contributed by atoms with van der Waals surface area (Å²) in [5.74, 6) is -0.0220. The van der Waals surface area contributed by atoms with Crippen LogP contribution in [-0.4, -0.2) is 47.2 Å². The quantitative estimate of drug-likeness (QED) is 0.431. The summed E-state index contributed by atoms with van der Waals surface area (Å²) in [5.41, 5.74) is 4.16. The number of benzene rings is 3. The lowest BCUT2D eigenvalue weighted by molar-refractivity contribution is -0.121. The standard InChI is InChI=1S/C29H27FN4O4S/c1-17-4-6-19(7-5-17)24-15-22(18-8-10-20(30)11-9-18)33-34(24)29-32-28(36)26(39-29)16-27(35)31-23-14-21(37-2)12-13-25(23)38-3/h4-14,24,26H,15-16H2,1-3H3,(H,31,35)/t24-,26+/m1/s1. The molecule has 200 valence electrons. The summed E-state index contributed by atoms with van der Waals surface area (Å²) in [6.07, 6.45) is 0.484. The number of nitrogens with zero attached hydrogens (tertiary/aromatic N) is 3. The minimum atomic E-state index is -0.694. The number of anilines is 1. The van der Waals surface area contributed by atoms with Crippen molar-refractivity contribution in [3.8, 4) is 11.5 Å². The average molecular weight is 547 g/mol.